The largest absolute Gasteiger partial charge is 0.396 e. The summed E-state index contributed by atoms with van der Waals surface area (Å²) in [5.41, 5.74) is 9.83. The summed E-state index contributed by atoms with van der Waals surface area (Å²) >= 11 is 17.6. The highest BCUT2D eigenvalue weighted by molar-refractivity contribution is 6.46. The van der Waals surface area contributed by atoms with E-state index in [-0.39, 0.29) is 26.6 Å². The Balaban J connectivity index is 2.08. The Kier molecular flexibility index (Phi) is 7.08. The monoisotopic (exact) mass is 413 g/mol. The molecular formula is C17H18Cl3N5O. The van der Waals surface area contributed by atoms with Crippen LogP contribution >= 0.6 is 34.8 Å². The number of carbonyl (C=O) groups excluding carboxylic acids is 1. The number of aromatic nitrogens is 1. The van der Waals surface area contributed by atoms with Crippen molar-refractivity contribution in [2.24, 2.45) is 5.10 Å². The van der Waals surface area contributed by atoms with Crippen molar-refractivity contribution in [1.29, 1.82) is 0 Å². The molecule has 0 unspecified atom stereocenters. The van der Waals surface area contributed by atoms with Crippen LogP contribution in [0.3, 0.4) is 0 Å². The maximum absolute atomic E-state index is 12.2. The van der Waals surface area contributed by atoms with Crippen LogP contribution in [0.2, 0.25) is 15.2 Å². The van der Waals surface area contributed by atoms with Crippen LogP contribution in [0.1, 0.15) is 29.9 Å². The minimum Gasteiger partial charge on any atom is -0.396 e. The molecule has 0 bridgehead atoms. The third-order valence-electron chi connectivity index (χ3n) is 3.69. The number of hydrogen-bond acceptors (Lipinski definition) is 5. The zero-order valence-corrected chi connectivity index (χ0v) is 16.5. The van der Waals surface area contributed by atoms with Gasteiger partial charge in [-0.25, -0.2) is 10.4 Å². The number of hydrogen-bond donors (Lipinski definition) is 2. The highest BCUT2D eigenvalue weighted by Crippen LogP contribution is 2.34. The number of benzene rings is 1. The maximum atomic E-state index is 12.2. The number of nitrogens with two attached hydrogens (primary N) is 1. The Morgan fingerprint density at radius 2 is 1.81 bits per heavy atom. The molecule has 1 aromatic carbocycles. The summed E-state index contributed by atoms with van der Waals surface area (Å²) in [7, 11) is 0. The van der Waals surface area contributed by atoms with Gasteiger partial charge in [-0.1, -0.05) is 46.9 Å². The van der Waals surface area contributed by atoms with Gasteiger partial charge in [-0.3, -0.25) is 4.79 Å². The zero-order valence-electron chi connectivity index (χ0n) is 14.3. The van der Waals surface area contributed by atoms with E-state index in [1.165, 1.54) is 6.21 Å². The first-order valence-corrected chi connectivity index (χ1v) is 9.00. The molecule has 0 aliphatic heterocycles. The summed E-state index contributed by atoms with van der Waals surface area (Å²) in [6.45, 7) is 6.06. The number of nitrogen functional groups attached to an aromatic ring is 1. The molecule has 2 aromatic rings. The lowest BCUT2D eigenvalue weighted by Crippen LogP contribution is -2.21. The van der Waals surface area contributed by atoms with Gasteiger partial charge in [-0.05, 0) is 31.5 Å². The van der Waals surface area contributed by atoms with E-state index in [1.54, 1.807) is 0 Å². The first-order valence-electron chi connectivity index (χ1n) is 7.87. The van der Waals surface area contributed by atoms with Crippen molar-refractivity contribution in [3.8, 4) is 0 Å². The third-order valence-corrected chi connectivity index (χ3v) is 4.82. The van der Waals surface area contributed by atoms with E-state index in [4.69, 9.17) is 40.5 Å². The van der Waals surface area contributed by atoms with Crippen molar-refractivity contribution in [3.63, 3.8) is 0 Å². The summed E-state index contributed by atoms with van der Waals surface area (Å²) in [6, 6.07) is 7.81. The van der Waals surface area contributed by atoms with Crippen LogP contribution in [0.4, 0.5) is 11.4 Å². The van der Waals surface area contributed by atoms with E-state index in [2.05, 4.69) is 34.3 Å². The van der Waals surface area contributed by atoms with Crippen LogP contribution < -0.4 is 16.1 Å². The number of nitrogens with zero attached hydrogens (tertiary/aromatic N) is 3. The van der Waals surface area contributed by atoms with Gasteiger partial charge >= 0.3 is 0 Å². The van der Waals surface area contributed by atoms with Crippen LogP contribution in [0.25, 0.3) is 0 Å². The molecule has 1 aromatic heterocycles. The molecule has 0 radical (unpaired) electrons. The molecule has 1 amide bonds. The number of nitrogens with one attached hydrogen (secondary N) is 1. The molecule has 2 rings (SSSR count). The minimum atomic E-state index is -0.642. The number of hydrazone groups is 1. The lowest BCUT2D eigenvalue weighted by atomic mass is 10.2. The molecule has 6 nitrogen and oxygen atoms in total. The topological polar surface area (TPSA) is 83.6 Å². The fourth-order valence-corrected chi connectivity index (χ4v) is 2.85. The molecule has 0 saturated carbocycles. The molecule has 138 valence electrons. The minimum absolute atomic E-state index is 0.00464. The van der Waals surface area contributed by atoms with Gasteiger partial charge in [-0.15, -0.1) is 0 Å². The van der Waals surface area contributed by atoms with E-state index in [9.17, 15) is 4.79 Å². The average molecular weight is 415 g/mol. The Bertz CT molecular complexity index is 820. The predicted octanol–water partition coefficient (Wildman–Crippen LogP) is 4.23. The van der Waals surface area contributed by atoms with E-state index in [0.29, 0.717) is 0 Å². The number of anilines is 2. The fraction of sp³-hybridized carbons (Fsp3) is 0.235. The van der Waals surface area contributed by atoms with Crippen molar-refractivity contribution >= 4 is 58.3 Å². The second-order valence-corrected chi connectivity index (χ2v) is 6.37. The van der Waals surface area contributed by atoms with Gasteiger partial charge in [0.05, 0.1) is 16.9 Å². The van der Waals surface area contributed by atoms with E-state index in [0.717, 1.165) is 24.3 Å². The first-order chi connectivity index (χ1) is 12.4. The van der Waals surface area contributed by atoms with Gasteiger partial charge < -0.3 is 10.6 Å². The average Bonchev–Trinajstić information content (AvgIpc) is 2.65. The normalized spacial score (nSPS) is 11.0. The summed E-state index contributed by atoms with van der Waals surface area (Å²) in [4.78, 5) is 18.2. The van der Waals surface area contributed by atoms with Crippen molar-refractivity contribution in [2.75, 3.05) is 23.7 Å². The molecule has 0 aliphatic rings. The Morgan fingerprint density at radius 1 is 1.19 bits per heavy atom. The number of amides is 1. The summed E-state index contributed by atoms with van der Waals surface area (Å²) in [6.07, 6.45) is 1.51. The molecule has 0 atom stereocenters. The first kappa shape index (κ1) is 20.3. The SMILES string of the molecule is CCN(CC)c1ccc(/C=N\NC(=O)c2nc(Cl)c(Cl)c(N)c2Cl)cc1. The summed E-state index contributed by atoms with van der Waals surface area (Å²) in [5.74, 6) is -0.642. The van der Waals surface area contributed by atoms with Crippen molar-refractivity contribution in [2.45, 2.75) is 13.8 Å². The molecular weight excluding hydrogens is 397 g/mol. The van der Waals surface area contributed by atoms with Crippen molar-refractivity contribution in [1.82, 2.24) is 10.4 Å². The molecule has 0 fully saturated rings. The highest BCUT2D eigenvalue weighted by Gasteiger charge is 2.19. The highest BCUT2D eigenvalue weighted by atomic mass is 35.5. The molecule has 3 N–H and O–H groups in total. The molecule has 0 saturated heterocycles. The standard InChI is InChI=1S/C17H18Cl3N5O/c1-3-25(4-2)11-7-5-10(6-8-11)9-22-24-17(26)15-12(18)14(21)13(19)16(20)23-15/h5-9H,3-4H2,1-2H3,(H2,21,23)(H,24,26)/b22-9-. The van der Waals surface area contributed by atoms with Crippen molar-refractivity contribution in [3.05, 3.63) is 50.7 Å². The predicted molar refractivity (Wildman–Crippen MR) is 109 cm³/mol. The van der Waals surface area contributed by atoms with E-state index in [1.807, 2.05) is 24.3 Å². The van der Waals surface area contributed by atoms with Crippen LogP contribution in [-0.2, 0) is 0 Å². The molecule has 1 heterocycles. The smallest absolute Gasteiger partial charge is 0.291 e. The van der Waals surface area contributed by atoms with Gasteiger partial charge in [0.25, 0.3) is 5.91 Å². The number of rotatable bonds is 6. The lowest BCUT2D eigenvalue weighted by molar-refractivity contribution is 0.0950. The summed E-state index contributed by atoms with van der Waals surface area (Å²) < 4.78 is 0. The van der Waals surface area contributed by atoms with E-state index >= 15 is 0 Å². The fourth-order valence-electron chi connectivity index (χ4n) is 2.26. The summed E-state index contributed by atoms with van der Waals surface area (Å²) in [5, 5.41) is 3.73. The number of pyridine rings is 1. The van der Waals surface area contributed by atoms with Gasteiger partial charge in [0.15, 0.2) is 10.8 Å². The van der Waals surface area contributed by atoms with E-state index < -0.39 is 5.91 Å². The molecule has 26 heavy (non-hydrogen) atoms. The molecule has 9 heteroatoms. The Hall–Kier alpha value is -2.02. The van der Waals surface area contributed by atoms with Crippen LogP contribution in [0, 0.1) is 0 Å². The quantitative estimate of drug-likeness (QED) is 0.421. The third kappa shape index (κ3) is 4.58. The van der Waals surface area contributed by atoms with Crippen molar-refractivity contribution < 1.29 is 4.79 Å². The van der Waals surface area contributed by atoms with Gasteiger partial charge in [0.2, 0.25) is 0 Å². The second-order valence-electron chi connectivity index (χ2n) is 5.26. The molecule has 0 spiro atoms. The zero-order chi connectivity index (χ0) is 19.3. The van der Waals surface area contributed by atoms with Gasteiger partial charge in [-0.2, -0.15) is 5.10 Å². The Labute approximate surface area is 166 Å². The van der Waals surface area contributed by atoms with Crippen LogP contribution in [0.5, 0.6) is 0 Å². The number of halogens is 3. The van der Waals surface area contributed by atoms with Crippen LogP contribution in [0.15, 0.2) is 29.4 Å². The maximum Gasteiger partial charge on any atom is 0.291 e. The van der Waals surface area contributed by atoms with Crippen LogP contribution in [-0.4, -0.2) is 30.2 Å². The van der Waals surface area contributed by atoms with Gasteiger partial charge in [0, 0.05) is 18.8 Å². The molecule has 0 aliphatic carbocycles. The number of carbonyl (C=O) groups is 1. The Morgan fingerprint density at radius 3 is 2.38 bits per heavy atom. The lowest BCUT2D eigenvalue weighted by Gasteiger charge is -2.20. The second kappa shape index (κ2) is 9.07. The van der Waals surface area contributed by atoms with Gasteiger partial charge in [0.1, 0.15) is 5.02 Å².